The summed E-state index contributed by atoms with van der Waals surface area (Å²) in [6.07, 6.45) is 0. The molecule has 0 saturated carbocycles. The summed E-state index contributed by atoms with van der Waals surface area (Å²) in [7, 11) is 0. The van der Waals surface area contributed by atoms with Crippen molar-refractivity contribution in [1.82, 2.24) is 20.7 Å². The Morgan fingerprint density at radius 1 is 1.13 bits per heavy atom. The van der Waals surface area contributed by atoms with Gasteiger partial charge in [-0.2, -0.15) is 0 Å². The van der Waals surface area contributed by atoms with Crippen molar-refractivity contribution in [2.45, 2.75) is 6.54 Å². The van der Waals surface area contributed by atoms with E-state index >= 15 is 0 Å². The molecule has 0 aromatic heterocycles. The first kappa shape index (κ1) is 20.2. The summed E-state index contributed by atoms with van der Waals surface area (Å²) in [6, 6.07) is 7.44. The number of carbonyl (C=O) groups is 2. The summed E-state index contributed by atoms with van der Waals surface area (Å²) in [5.41, 5.74) is 5.93. The van der Waals surface area contributed by atoms with Crippen LogP contribution >= 0.6 is 11.6 Å². The fourth-order valence-electron chi connectivity index (χ4n) is 2.23. The van der Waals surface area contributed by atoms with Gasteiger partial charge in [-0.3, -0.25) is 15.1 Å². The van der Waals surface area contributed by atoms with E-state index in [0.717, 1.165) is 24.7 Å². The van der Waals surface area contributed by atoms with Crippen molar-refractivity contribution in [3.63, 3.8) is 0 Å². The molecule has 0 aliphatic carbocycles. The van der Waals surface area contributed by atoms with Crippen LogP contribution in [0.1, 0.15) is 5.56 Å². The minimum atomic E-state index is -1.02. The average Bonchev–Trinajstić information content (AvgIpc) is 2.50. The van der Waals surface area contributed by atoms with Gasteiger partial charge in [-0.15, -0.1) is 0 Å². The predicted octanol–water partition coefficient (Wildman–Crippen LogP) is 0.108. The van der Waals surface area contributed by atoms with Gasteiger partial charge in [0.25, 0.3) is 0 Å². The van der Waals surface area contributed by atoms with Gasteiger partial charge in [-0.25, -0.2) is 10.2 Å². The average molecular weight is 351 g/mol. The molecular weight excluding hydrogens is 331 g/mol. The van der Waals surface area contributed by atoms with E-state index in [1.165, 1.54) is 5.56 Å². The first-order valence-corrected chi connectivity index (χ1v) is 7.39. The third-order valence-electron chi connectivity index (χ3n) is 3.41. The maximum absolute atomic E-state index is 11.8. The molecule has 0 radical (unpaired) electrons. The second kappa shape index (κ2) is 10.1. The molecule has 3 N–H and O–H groups in total. The predicted molar refractivity (Wildman–Crippen MR) is 89.6 cm³/mol. The van der Waals surface area contributed by atoms with Crippen molar-refractivity contribution < 1.29 is 14.7 Å². The van der Waals surface area contributed by atoms with Crippen LogP contribution in [0.5, 0.6) is 0 Å². The van der Waals surface area contributed by atoms with Crippen LogP contribution in [0, 0.1) is 0 Å². The zero-order chi connectivity index (χ0) is 15.9. The maximum atomic E-state index is 11.8. The van der Waals surface area contributed by atoms with Crippen LogP contribution in [-0.2, 0) is 11.3 Å². The summed E-state index contributed by atoms with van der Waals surface area (Å²) >= 11 is 5.86. The van der Waals surface area contributed by atoms with E-state index in [1.54, 1.807) is 4.90 Å². The first-order valence-electron chi connectivity index (χ1n) is 7.01. The van der Waals surface area contributed by atoms with Crippen molar-refractivity contribution in [3.05, 3.63) is 34.9 Å². The van der Waals surface area contributed by atoms with Gasteiger partial charge in [0.2, 0.25) is 0 Å². The number of aliphatic carboxylic acids is 1. The molecule has 0 unspecified atom stereocenters. The van der Waals surface area contributed by atoms with Crippen molar-refractivity contribution in [3.8, 4) is 0 Å². The minimum absolute atomic E-state index is 0. The number of amides is 2. The number of hydrogen-bond donors (Lipinski definition) is 3. The van der Waals surface area contributed by atoms with Crippen LogP contribution in [0.4, 0.5) is 4.79 Å². The SMILES string of the molecule is O=C(O)CNNC(=O)N1CCN(Cc2ccc(Cl)cc2)CC1.[NaH]. The molecule has 1 aromatic carbocycles. The number of carboxylic acids is 1. The number of hydrogen-bond acceptors (Lipinski definition) is 4. The summed E-state index contributed by atoms with van der Waals surface area (Å²) < 4.78 is 0. The zero-order valence-electron chi connectivity index (χ0n) is 12.1. The molecule has 0 atom stereocenters. The number of benzene rings is 1. The molecule has 7 nitrogen and oxygen atoms in total. The molecule has 1 aliphatic rings. The number of halogens is 1. The van der Waals surface area contributed by atoms with E-state index in [0.29, 0.717) is 13.1 Å². The molecule has 23 heavy (non-hydrogen) atoms. The molecule has 0 spiro atoms. The number of rotatable bonds is 5. The van der Waals surface area contributed by atoms with Crippen LogP contribution in [0.25, 0.3) is 0 Å². The van der Waals surface area contributed by atoms with Gasteiger partial charge in [0.15, 0.2) is 0 Å². The normalized spacial score (nSPS) is 14.9. The van der Waals surface area contributed by atoms with E-state index in [1.807, 2.05) is 24.3 Å². The van der Waals surface area contributed by atoms with Crippen molar-refractivity contribution >= 4 is 53.2 Å². The number of nitrogens with one attached hydrogen (secondary N) is 2. The van der Waals surface area contributed by atoms with Gasteiger partial charge in [-0.1, -0.05) is 23.7 Å². The van der Waals surface area contributed by atoms with Gasteiger partial charge in [0.1, 0.15) is 6.54 Å². The van der Waals surface area contributed by atoms with Gasteiger partial charge in [0, 0.05) is 37.7 Å². The summed E-state index contributed by atoms with van der Waals surface area (Å²) in [5, 5.41) is 9.21. The third-order valence-corrected chi connectivity index (χ3v) is 3.67. The first-order chi connectivity index (χ1) is 10.5. The Balaban J connectivity index is 0.00000264. The molecule has 1 saturated heterocycles. The molecule has 1 aliphatic heterocycles. The number of urea groups is 1. The second-order valence-electron chi connectivity index (χ2n) is 5.07. The Kier molecular flexibility index (Phi) is 8.90. The molecule has 2 rings (SSSR count). The van der Waals surface area contributed by atoms with Gasteiger partial charge < -0.3 is 10.0 Å². The van der Waals surface area contributed by atoms with E-state index in [4.69, 9.17) is 16.7 Å². The fourth-order valence-corrected chi connectivity index (χ4v) is 2.36. The van der Waals surface area contributed by atoms with E-state index in [2.05, 4.69) is 15.8 Å². The van der Waals surface area contributed by atoms with Crippen molar-refractivity contribution in [1.29, 1.82) is 0 Å². The second-order valence-corrected chi connectivity index (χ2v) is 5.50. The van der Waals surface area contributed by atoms with Crippen LogP contribution in [0.3, 0.4) is 0 Å². The standard InChI is InChI=1S/C14H19ClN4O3.Na.H/c15-12-3-1-11(2-4-12)10-18-5-7-19(8-6-18)14(22)17-16-9-13(20)21;;/h1-4,16H,5-10H2,(H,17,22)(H,20,21);;. The summed E-state index contributed by atoms with van der Waals surface area (Å²) in [5.74, 6) is -1.02. The Hall–Kier alpha value is -0.830. The quantitative estimate of drug-likeness (QED) is 0.518. The van der Waals surface area contributed by atoms with Crippen molar-refractivity contribution in [2.75, 3.05) is 32.7 Å². The molecular formula is C14H20ClN4NaO3. The van der Waals surface area contributed by atoms with Gasteiger partial charge in [0.05, 0.1) is 0 Å². The van der Waals surface area contributed by atoms with Crippen molar-refractivity contribution in [2.24, 2.45) is 0 Å². The van der Waals surface area contributed by atoms with E-state index in [9.17, 15) is 9.59 Å². The van der Waals surface area contributed by atoms with E-state index < -0.39 is 5.97 Å². The molecule has 1 aromatic rings. The summed E-state index contributed by atoms with van der Waals surface area (Å²) in [6.45, 7) is 3.28. The van der Waals surface area contributed by atoms with Crippen LogP contribution in [0.2, 0.25) is 5.02 Å². The zero-order valence-corrected chi connectivity index (χ0v) is 12.8. The fraction of sp³-hybridized carbons (Fsp3) is 0.429. The monoisotopic (exact) mass is 350 g/mol. The number of nitrogens with zero attached hydrogens (tertiary/aromatic N) is 2. The van der Waals surface area contributed by atoms with Gasteiger partial charge >= 0.3 is 41.6 Å². The molecule has 0 bridgehead atoms. The number of hydrazine groups is 1. The number of piperazine rings is 1. The molecule has 1 fully saturated rings. The molecule has 122 valence electrons. The van der Waals surface area contributed by atoms with E-state index in [-0.39, 0.29) is 42.1 Å². The summed E-state index contributed by atoms with van der Waals surface area (Å²) in [4.78, 5) is 26.1. The molecule has 2 amide bonds. The Labute approximate surface area is 162 Å². The Morgan fingerprint density at radius 3 is 2.30 bits per heavy atom. The number of carboxylic acid groups (broad SMARTS) is 1. The molecule has 1 heterocycles. The Morgan fingerprint density at radius 2 is 1.74 bits per heavy atom. The van der Waals surface area contributed by atoms with Crippen LogP contribution in [0.15, 0.2) is 24.3 Å². The van der Waals surface area contributed by atoms with Gasteiger partial charge in [-0.05, 0) is 17.7 Å². The topological polar surface area (TPSA) is 84.9 Å². The number of carbonyl (C=O) groups excluding carboxylic acids is 1. The third kappa shape index (κ3) is 7.07. The van der Waals surface area contributed by atoms with Crippen LogP contribution in [-0.4, -0.2) is 89.2 Å². The molecule has 9 heteroatoms. The van der Waals surface area contributed by atoms with Crippen LogP contribution < -0.4 is 10.9 Å². The Bertz CT molecular complexity index is 521.